The fourth-order valence-electron chi connectivity index (χ4n) is 1.49. The standard InChI is InChI=1S/C14H23N3O2/c1-5-10(2)17-14(18)11(3)19-13-7-6-12(8-15-4)16-9-13/h6-7,9-11,15H,5,8H2,1-4H3,(H,17,18). The van der Waals surface area contributed by atoms with E-state index in [-0.39, 0.29) is 11.9 Å². The number of nitrogens with one attached hydrogen (secondary N) is 2. The van der Waals surface area contributed by atoms with Crippen molar-refractivity contribution < 1.29 is 9.53 Å². The van der Waals surface area contributed by atoms with Crippen LogP contribution in [0.4, 0.5) is 0 Å². The van der Waals surface area contributed by atoms with Crippen molar-refractivity contribution in [1.29, 1.82) is 0 Å². The highest BCUT2D eigenvalue weighted by Crippen LogP contribution is 2.11. The summed E-state index contributed by atoms with van der Waals surface area (Å²) >= 11 is 0. The van der Waals surface area contributed by atoms with Gasteiger partial charge < -0.3 is 15.4 Å². The molecule has 1 rings (SSSR count). The van der Waals surface area contributed by atoms with Gasteiger partial charge in [0.15, 0.2) is 6.10 Å². The average molecular weight is 265 g/mol. The first-order valence-electron chi connectivity index (χ1n) is 6.63. The zero-order valence-electron chi connectivity index (χ0n) is 12.1. The van der Waals surface area contributed by atoms with Crippen LogP contribution in [0.3, 0.4) is 0 Å². The monoisotopic (exact) mass is 265 g/mol. The third kappa shape index (κ3) is 5.26. The maximum Gasteiger partial charge on any atom is 0.260 e. The summed E-state index contributed by atoms with van der Waals surface area (Å²) in [6, 6.07) is 3.87. The van der Waals surface area contributed by atoms with Crippen LogP contribution in [0.2, 0.25) is 0 Å². The Morgan fingerprint density at radius 3 is 2.68 bits per heavy atom. The summed E-state index contributed by atoms with van der Waals surface area (Å²) in [6.45, 7) is 6.45. The highest BCUT2D eigenvalue weighted by molar-refractivity contribution is 5.80. The maximum atomic E-state index is 11.8. The first-order chi connectivity index (χ1) is 9.06. The smallest absolute Gasteiger partial charge is 0.260 e. The molecule has 0 radical (unpaired) electrons. The Labute approximate surface area is 114 Å². The number of nitrogens with zero attached hydrogens (tertiary/aromatic N) is 1. The van der Waals surface area contributed by atoms with Gasteiger partial charge in [0.2, 0.25) is 0 Å². The van der Waals surface area contributed by atoms with Crippen molar-refractivity contribution in [2.45, 2.75) is 45.9 Å². The lowest BCUT2D eigenvalue weighted by Gasteiger charge is -2.17. The summed E-state index contributed by atoms with van der Waals surface area (Å²) in [6.07, 6.45) is 2.02. The second-order valence-corrected chi connectivity index (χ2v) is 4.59. The van der Waals surface area contributed by atoms with E-state index in [1.54, 1.807) is 13.1 Å². The Kier molecular flexibility index (Phi) is 6.29. The molecule has 0 bridgehead atoms. The van der Waals surface area contributed by atoms with Crippen molar-refractivity contribution in [3.05, 3.63) is 24.0 Å². The molecule has 0 aliphatic carbocycles. The van der Waals surface area contributed by atoms with Gasteiger partial charge in [-0.1, -0.05) is 6.92 Å². The Bertz CT molecular complexity index is 392. The van der Waals surface area contributed by atoms with E-state index in [2.05, 4.69) is 15.6 Å². The van der Waals surface area contributed by atoms with Gasteiger partial charge in [-0.05, 0) is 39.4 Å². The molecule has 1 amide bonds. The molecule has 5 nitrogen and oxygen atoms in total. The molecule has 0 aromatic carbocycles. The zero-order chi connectivity index (χ0) is 14.3. The number of hydrogen-bond donors (Lipinski definition) is 2. The normalized spacial score (nSPS) is 13.7. The molecule has 0 fully saturated rings. The van der Waals surface area contributed by atoms with E-state index < -0.39 is 6.10 Å². The van der Waals surface area contributed by atoms with Crippen molar-refractivity contribution in [3.8, 4) is 5.75 Å². The van der Waals surface area contributed by atoms with Gasteiger partial charge in [0.05, 0.1) is 11.9 Å². The van der Waals surface area contributed by atoms with Gasteiger partial charge in [-0.2, -0.15) is 0 Å². The van der Waals surface area contributed by atoms with Gasteiger partial charge in [0.25, 0.3) is 5.91 Å². The van der Waals surface area contributed by atoms with Gasteiger partial charge in [0.1, 0.15) is 5.75 Å². The lowest BCUT2D eigenvalue weighted by atomic mass is 10.2. The van der Waals surface area contributed by atoms with E-state index in [0.717, 1.165) is 12.1 Å². The summed E-state index contributed by atoms with van der Waals surface area (Å²) in [5, 5.41) is 5.91. The molecule has 1 aromatic heterocycles. The third-order valence-corrected chi connectivity index (χ3v) is 2.84. The van der Waals surface area contributed by atoms with E-state index in [9.17, 15) is 4.79 Å². The molecule has 0 saturated carbocycles. The number of pyridine rings is 1. The Morgan fingerprint density at radius 2 is 2.16 bits per heavy atom. The number of rotatable bonds is 7. The number of carbonyl (C=O) groups is 1. The Balaban J connectivity index is 2.51. The van der Waals surface area contributed by atoms with Crippen LogP contribution in [0.15, 0.2) is 18.3 Å². The second kappa shape index (κ2) is 7.74. The predicted molar refractivity (Wildman–Crippen MR) is 75.0 cm³/mol. The van der Waals surface area contributed by atoms with Crippen LogP contribution in [-0.4, -0.2) is 30.1 Å². The van der Waals surface area contributed by atoms with Crippen LogP contribution in [0, 0.1) is 0 Å². The van der Waals surface area contributed by atoms with Gasteiger partial charge in [0, 0.05) is 12.6 Å². The van der Waals surface area contributed by atoms with E-state index in [1.165, 1.54) is 0 Å². The van der Waals surface area contributed by atoms with Gasteiger partial charge in [-0.25, -0.2) is 0 Å². The first kappa shape index (κ1) is 15.4. The molecule has 2 unspecified atom stereocenters. The van der Waals surface area contributed by atoms with Crippen molar-refractivity contribution in [1.82, 2.24) is 15.6 Å². The molecule has 106 valence electrons. The minimum atomic E-state index is -0.522. The zero-order valence-corrected chi connectivity index (χ0v) is 12.1. The molecule has 0 saturated heterocycles. The highest BCUT2D eigenvalue weighted by atomic mass is 16.5. The molecule has 2 N–H and O–H groups in total. The van der Waals surface area contributed by atoms with Gasteiger partial charge >= 0.3 is 0 Å². The summed E-state index contributed by atoms with van der Waals surface area (Å²) in [4.78, 5) is 16.1. The topological polar surface area (TPSA) is 63.2 Å². The molecular weight excluding hydrogens is 242 g/mol. The van der Waals surface area contributed by atoms with Crippen molar-refractivity contribution in [2.75, 3.05) is 7.05 Å². The molecule has 1 aromatic rings. The molecule has 0 aliphatic heterocycles. The van der Waals surface area contributed by atoms with Crippen LogP contribution < -0.4 is 15.4 Å². The molecule has 0 spiro atoms. The number of hydrogen-bond acceptors (Lipinski definition) is 4. The van der Waals surface area contributed by atoms with Crippen molar-refractivity contribution in [3.63, 3.8) is 0 Å². The third-order valence-electron chi connectivity index (χ3n) is 2.84. The van der Waals surface area contributed by atoms with Crippen molar-refractivity contribution in [2.24, 2.45) is 0 Å². The molecule has 19 heavy (non-hydrogen) atoms. The fraction of sp³-hybridized carbons (Fsp3) is 0.571. The number of amides is 1. The van der Waals surface area contributed by atoms with Crippen LogP contribution in [0.25, 0.3) is 0 Å². The van der Waals surface area contributed by atoms with Crippen LogP contribution in [0.1, 0.15) is 32.9 Å². The largest absolute Gasteiger partial charge is 0.479 e. The van der Waals surface area contributed by atoms with Crippen LogP contribution in [0.5, 0.6) is 5.75 Å². The fourth-order valence-corrected chi connectivity index (χ4v) is 1.49. The second-order valence-electron chi connectivity index (χ2n) is 4.59. The number of carbonyl (C=O) groups excluding carboxylic acids is 1. The van der Waals surface area contributed by atoms with E-state index in [4.69, 9.17) is 4.74 Å². The minimum Gasteiger partial charge on any atom is -0.479 e. The van der Waals surface area contributed by atoms with Gasteiger partial charge in [-0.3, -0.25) is 9.78 Å². The first-order valence-corrected chi connectivity index (χ1v) is 6.63. The average Bonchev–Trinajstić information content (AvgIpc) is 2.41. The molecule has 1 heterocycles. The Hall–Kier alpha value is -1.62. The SMILES string of the molecule is CCC(C)NC(=O)C(C)Oc1ccc(CNC)nc1. The molecule has 5 heteroatoms. The van der Waals surface area contributed by atoms with Gasteiger partial charge in [-0.15, -0.1) is 0 Å². The predicted octanol–water partition coefficient (Wildman–Crippen LogP) is 1.48. The lowest BCUT2D eigenvalue weighted by molar-refractivity contribution is -0.127. The summed E-state index contributed by atoms with van der Waals surface area (Å²) in [7, 11) is 1.87. The van der Waals surface area contributed by atoms with E-state index >= 15 is 0 Å². The van der Waals surface area contributed by atoms with E-state index in [1.807, 2.05) is 33.0 Å². The molecule has 2 atom stereocenters. The lowest BCUT2D eigenvalue weighted by Crippen LogP contribution is -2.41. The summed E-state index contributed by atoms with van der Waals surface area (Å²) in [5.41, 5.74) is 0.937. The highest BCUT2D eigenvalue weighted by Gasteiger charge is 2.16. The number of aromatic nitrogens is 1. The number of ether oxygens (including phenoxy) is 1. The minimum absolute atomic E-state index is 0.103. The Morgan fingerprint density at radius 1 is 1.42 bits per heavy atom. The van der Waals surface area contributed by atoms with Crippen LogP contribution >= 0.6 is 0 Å². The molecular formula is C14H23N3O2. The van der Waals surface area contributed by atoms with Crippen LogP contribution in [-0.2, 0) is 11.3 Å². The quantitative estimate of drug-likeness (QED) is 0.784. The van der Waals surface area contributed by atoms with E-state index in [0.29, 0.717) is 12.3 Å². The van der Waals surface area contributed by atoms with Crippen molar-refractivity contribution >= 4 is 5.91 Å². The molecule has 0 aliphatic rings. The maximum absolute atomic E-state index is 11.8. The summed E-state index contributed by atoms with van der Waals surface area (Å²) in [5.74, 6) is 0.500. The summed E-state index contributed by atoms with van der Waals surface area (Å²) < 4.78 is 5.56.